The highest BCUT2D eigenvalue weighted by molar-refractivity contribution is 7.91. The summed E-state index contributed by atoms with van der Waals surface area (Å²) in [5, 5.41) is 12.2. The van der Waals surface area contributed by atoms with Crippen molar-refractivity contribution < 1.29 is 23.2 Å². The molecule has 0 saturated carbocycles. The quantitative estimate of drug-likeness (QED) is 0.502. The lowest BCUT2D eigenvalue weighted by atomic mass is 9.91. The Morgan fingerprint density at radius 3 is 2.07 bits per heavy atom. The highest BCUT2D eigenvalue weighted by Crippen LogP contribution is 2.26. The smallest absolute Gasteiger partial charge is 0.263 e. The molecule has 0 aromatic heterocycles. The molecule has 1 aliphatic rings. The standard InChI is InChI=1S/C20H24N2O5S/c1-27-18-8-6-17(7-9-18)16-4-2-15(3-5-16)14-21-20(19(23)22-24)10-12-28(25,26)13-11-20/h2-9,21,24H,10-14H2,1H3,(H,22,23). The molecular weight excluding hydrogens is 380 g/mol. The number of carbonyl (C=O) groups is 1. The second-order valence-corrected chi connectivity index (χ2v) is 9.26. The third-order valence-corrected chi connectivity index (χ3v) is 6.88. The van der Waals surface area contributed by atoms with Crippen LogP contribution in [0.15, 0.2) is 48.5 Å². The number of ether oxygens (including phenoxy) is 1. The summed E-state index contributed by atoms with van der Waals surface area (Å²) in [7, 11) is -1.50. The van der Waals surface area contributed by atoms with Gasteiger partial charge in [0.1, 0.15) is 21.1 Å². The minimum Gasteiger partial charge on any atom is -0.497 e. The third-order valence-electron chi connectivity index (χ3n) is 5.22. The normalized spacial score (nSPS) is 17.6. The first-order valence-electron chi connectivity index (χ1n) is 9.01. The monoisotopic (exact) mass is 404 g/mol. The van der Waals surface area contributed by atoms with Gasteiger partial charge in [-0.3, -0.25) is 15.3 Å². The van der Waals surface area contributed by atoms with E-state index in [-0.39, 0.29) is 24.3 Å². The first kappa shape index (κ1) is 20.3. The van der Waals surface area contributed by atoms with Crippen molar-refractivity contribution in [3.05, 3.63) is 54.1 Å². The molecule has 1 aliphatic heterocycles. The van der Waals surface area contributed by atoms with Crippen LogP contribution in [-0.2, 0) is 21.2 Å². The van der Waals surface area contributed by atoms with Gasteiger partial charge in [-0.15, -0.1) is 0 Å². The Morgan fingerprint density at radius 2 is 1.57 bits per heavy atom. The van der Waals surface area contributed by atoms with Gasteiger partial charge in [0.05, 0.1) is 18.6 Å². The van der Waals surface area contributed by atoms with Gasteiger partial charge in [0.2, 0.25) is 0 Å². The highest BCUT2D eigenvalue weighted by Gasteiger charge is 2.43. The first-order chi connectivity index (χ1) is 13.4. The number of hydrogen-bond acceptors (Lipinski definition) is 6. The van der Waals surface area contributed by atoms with Gasteiger partial charge in [-0.25, -0.2) is 13.9 Å². The van der Waals surface area contributed by atoms with Crippen LogP contribution < -0.4 is 15.5 Å². The van der Waals surface area contributed by atoms with Crippen LogP contribution in [0.4, 0.5) is 0 Å². The summed E-state index contributed by atoms with van der Waals surface area (Å²) in [6, 6.07) is 15.7. The molecule has 0 spiro atoms. The molecule has 1 saturated heterocycles. The van der Waals surface area contributed by atoms with Crippen molar-refractivity contribution in [3.8, 4) is 16.9 Å². The van der Waals surface area contributed by atoms with Gasteiger partial charge in [0, 0.05) is 6.54 Å². The number of carbonyl (C=O) groups excluding carboxylic acids is 1. The van der Waals surface area contributed by atoms with Crippen LogP contribution in [0.25, 0.3) is 11.1 Å². The van der Waals surface area contributed by atoms with E-state index in [9.17, 15) is 13.2 Å². The zero-order valence-corrected chi connectivity index (χ0v) is 16.5. The molecule has 0 radical (unpaired) electrons. The number of sulfone groups is 1. The van der Waals surface area contributed by atoms with Crippen molar-refractivity contribution in [2.24, 2.45) is 0 Å². The molecule has 150 valence electrons. The molecule has 1 fully saturated rings. The summed E-state index contributed by atoms with van der Waals surface area (Å²) in [5.74, 6) is 0.0389. The minimum absolute atomic E-state index is 0.0795. The van der Waals surface area contributed by atoms with Crippen LogP contribution in [0.5, 0.6) is 5.75 Å². The fourth-order valence-electron chi connectivity index (χ4n) is 3.35. The number of methoxy groups -OCH3 is 1. The lowest BCUT2D eigenvalue weighted by Gasteiger charge is -2.35. The van der Waals surface area contributed by atoms with E-state index in [1.54, 1.807) is 12.6 Å². The number of rotatable bonds is 6. The summed E-state index contributed by atoms with van der Waals surface area (Å²) in [6.07, 6.45) is 0.261. The van der Waals surface area contributed by atoms with E-state index in [1.165, 1.54) is 0 Å². The number of hydrogen-bond donors (Lipinski definition) is 3. The van der Waals surface area contributed by atoms with Crippen LogP contribution in [0.3, 0.4) is 0 Å². The molecule has 2 aromatic carbocycles. The zero-order chi connectivity index (χ0) is 20.2. The maximum Gasteiger partial charge on any atom is 0.263 e. The lowest BCUT2D eigenvalue weighted by Crippen LogP contribution is -2.59. The Labute approximate surface area is 164 Å². The molecule has 2 aromatic rings. The molecule has 3 rings (SSSR count). The van der Waals surface area contributed by atoms with E-state index in [1.807, 2.05) is 48.5 Å². The number of amides is 1. The maximum absolute atomic E-state index is 12.2. The SMILES string of the molecule is COc1ccc(-c2ccc(CNC3(C(=O)NO)CCS(=O)(=O)CC3)cc2)cc1. The number of benzene rings is 2. The van der Waals surface area contributed by atoms with E-state index >= 15 is 0 Å². The Morgan fingerprint density at radius 1 is 1.04 bits per heavy atom. The minimum atomic E-state index is -3.13. The molecule has 7 nitrogen and oxygen atoms in total. The molecule has 0 atom stereocenters. The Kier molecular flexibility index (Phi) is 6.02. The second-order valence-electron chi connectivity index (χ2n) is 6.95. The number of nitrogens with one attached hydrogen (secondary N) is 2. The van der Waals surface area contributed by atoms with Gasteiger partial charge in [-0.1, -0.05) is 36.4 Å². The van der Waals surface area contributed by atoms with Crippen molar-refractivity contribution in [1.29, 1.82) is 0 Å². The Balaban J connectivity index is 1.69. The van der Waals surface area contributed by atoms with Crippen LogP contribution in [0, 0.1) is 0 Å². The molecule has 0 bridgehead atoms. The molecule has 28 heavy (non-hydrogen) atoms. The van der Waals surface area contributed by atoms with E-state index in [4.69, 9.17) is 9.94 Å². The van der Waals surface area contributed by atoms with Crippen molar-refractivity contribution in [1.82, 2.24) is 10.8 Å². The Bertz CT molecular complexity index is 910. The van der Waals surface area contributed by atoms with Crippen LogP contribution in [-0.4, -0.2) is 43.7 Å². The van der Waals surface area contributed by atoms with Crippen LogP contribution in [0.1, 0.15) is 18.4 Å². The van der Waals surface area contributed by atoms with E-state index in [2.05, 4.69) is 5.32 Å². The van der Waals surface area contributed by atoms with Gasteiger partial charge in [0.15, 0.2) is 0 Å². The summed E-state index contributed by atoms with van der Waals surface area (Å²) in [6.45, 7) is 0.385. The predicted molar refractivity (Wildman–Crippen MR) is 106 cm³/mol. The third kappa shape index (κ3) is 4.52. The van der Waals surface area contributed by atoms with Crippen LogP contribution >= 0.6 is 0 Å². The number of hydroxylamine groups is 1. The van der Waals surface area contributed by atoms with Crippen molar-refractivity contribution in [2.75, 3.05) is 18.6 Å². The average molecular weight is 404 g/mol. The van der Waals surface area contributed by atoms with Gasteiger partial charge in [-0.05, 0) is 41.7 Å². The summed E-state index contributed by atoms with van der Waals surface area (Å²) < 4.78 is 28.6. The van der Waals surface area contributed by atoms with Crippen molar-refractivity contribution in [3.63, 3.8) is 0 Å². The molecule has 0 aliphatic carbocycles. The maximum atomic E-state index is 12.2. The summed E-state index contributed by atoms with van der Waals surface area (Å²) in [5.41, 5.74) is 3.66. The van der Waals surface area contributed by atoms with Crippen molar-refractivity contribution in [2.45, 2.75) is 24.9 Å². The van der Waals surface area contributed by atoms with Gasteiger partial charge in [0.25, 0.3) is 5.91 Å². The molecule has 0 unspecified atom stereocenters. The summed E-state index contributed by atoms with van der Waals surface area (Å²) in [4.78, 5) is 12.2. The van der Waals surface area contributed by atoms with Gasteiger partial charge in [-0.2, -0.15) is 0 Å². The zero-order valence-electron chi connectivity index (χ0n) is 15.6. The van der Waals surface area contributed by atoms with Gasteiger partial charge < -0.3 is 4.74 Å². The van der Waals surface area contributed by atoms with E-state index in [0.29, 0.717) is 6.54 Å². The largest absolute Gasteiger partial charge is 0.497 e. The topological polar surface area (TPSA) is 105 Å². The summed E-state index contributed by atoms with van der Waals surface area (Å²) >= 11 is 0. The first-order valence-corrected chi connectivity index (χ1v) is 10.8. The lowest BCUT2D eigenvalue weighted by molar-refractivity contribution is -0.136. The molecule has 1 heterocycles. The molecule has 1 amide bonds. The second kappa shape index (κ2) is 8.30. The fraction of sp³-hybridized carbons (Fsp3) is 0.350. The van der Waals surface area contributed by atoms with Crippen molar-refractivity contribution >= 4 is 15.7 Å². The van der Waals surface area contributed by atoms with E-state index in [0.717, 1.165) is 22.4 Å². The van der Waals surface area contributed by atoms with Gasteiger partial charge >= 0.3 is 0 Å². The highest BCUT2D eigenvalue weighted by atomic mass is 32.2. The predicted octanol–water partition coefficient (Wildman–Crippen LogP) is 1.90. The van der Waals surface area contributed by atoms with E-state index < -0.39 is 21.3 Å². The molecule has 3 N–H and O–H groups in total. The Hall–Kier alpha value is -2.42. The average Bonchev–Trinajstić information content (AvgIpc) is 2.73. The van der Waals surface area contributed by atoms with Crippen LogP contribution in [0.2, 0.25) is 0 Å². The molecular formula is C20H24N2O5S. The fourth-order valence-corrected chi connectivity index (χ4v) is 4.87. The molecule has 8 heteroatoms.